The molecule has 3 rings (SSSR count). The van der Waals surface area contributed by atoms with Crippen molar-refractivity contribution in [3.8, 4) is 11.5 Å². The van der Waals surface area contributed by atoms with Crippen LogP contribution in [-0.4, -0.2) is 35.7 Å². The Labute approximate surface area is 165 Å². The molecule has 1 unspecified atom stereocenters. The largest absolute Gasteiger partial charge is 0.466 e. The average molecular weight is 385 g/mol. The van der Waals surface area contributed by atoms with E-state index in [-0.39, 0.29) is 11.9 Å². The summed E-state index contributed by atoms with van der Waals surface area (Å²) in [7, 11) is 0. The maximum absolute atomic E-state index is 12.0. The maximum atomic E-state index is 12.0. The predicted molar refractivity (Wildman–Crippen MR) is 110 cm³/mol. The Hall–Kier alpha value is -2.60. The van der Waals surface area contributed by atoms with Crippen molar-refractivity contribution in [3.05, 3.63) is 54.6 Å². The van der Waals surface area contributed by atoms with Gasteiger partial charge in [0.1, 0.15) is 11.5 Å². The second-order valence-electron chi connectivity index (χ2n) is 6.41. The number of thiocarbonyl (C=S) groups is 1. The number of esters is 1. The summed E-state index contributed by atoms with van der Waals surface area (Å²) in [4.78, 5) is 14.0. The minimum Gasteiger partial charge on any atom is -0.466 e. The van der Waals surface area contributed by atoms with E-state index in [1.165, 1.54) is 0 Å². The van der Waals surface area contributed by atoms with Gasteiger partial charge < -0.3 is 19.7 Å². The lowest BCUT2D eigenvalue weighted by Gasteiger charge is -2.33. The highest BCUT2D eigenvalue weighted by Gasteiger charge is 2.28. The molecule has 0 saturated carbocycles. The molecular formula is C21H24N2O3S. The fourth-order valence-corrected chi connectivity index (χ4v) is 3.33. The Morgan fingerprint density at radius 1 is 1.15 bits per heavy atom. The minimum atomic E-state index is -0.132. The normalized spacial score (nSPS) is 16.5. The Morgan fingerprint density at radius 2 is 1.85 bits per heavy atom. The van der Waals surface area contributed by atoms with Crippen molar-refractivity contribution in [3.63, 3.8) is 0 Å². The number of carbonyl (C=O) groups excluding carboxylic acids is 1. The van der Waals surface area contributed by atoms with Crippen molar-refractivity contribution in [2.24, 2.45) is 5.92 Å². The first-order valence-electron chi connectivity index (χ1n) is 9.21. The number of likely N-dealkylation sites (tertiary alicyclic amines) is 1. The molecule has 0 radical (unpaired) electrons. The molecule has 1 heterocycles. The van der Waals surface area contributed by atoms with Crippen molar-refractivity contribution in [2.75, 3.05) is 25.0 Å². The first-order valence-corrected chi connectivity index (χ1v) is 9.62. The molecule has 0 amide bonds. The number of nitrogens with one attached hydrogen (secondary N) is 1. The molecule has 6 heteroatoms. The second-order valence-corrected chi connectivity index (χ2v) is 6.79. The maximum Gasteiger partial charge on any atom is 0.310 e. The van der Waals surface area contributed by atoms with Gasteiger partial charge in [0.15, 0.2) is 5.11 Å². The summed E-state index contributed by atoms with van der Waals surface area (Å²) in [6, 6.07) is 17.3. The average Bonchev–Trinajstić information content (AvgIpc) is 2.70. The zero-order valence-corrected chi connectivity index (χ0v) is 16.2. The van der Waals surface area contributed by atoms with Gasteiger partial charge in [-0.15, -0.1) is 0 Å². The number of hydrogen-bond acceptors (Lipinski definition) is 4. The fourth-order valence-electron chi connectivity index (χ4n) is 3.05. The number of anilines is 1. The van der Waals surface area contributed by atoms with Gasteiger partial charge in [0.05, 0.1) is 12.5 Å². The molecule has 1 saturated heterocycles. The van der Waals surface area contributed by atoms with E-state index in [0.717, 1.165) is 36.6 Å². The van der Waals surface area contributed by atoms with Crippen molar-refractivity contribution < 1.29 is 14.3 Å². The summed E-state index contributed by atoms with van der Waals surface area (Å²) < 4.78 is 10.9. The van der Waals surface area contributed by atoms with Gasteiger partial charge in [-0.25, -0.2) is 0 Å². The highest BCUT2D eigenvalue weighted by atomic mass is 32.1. The lowest BCUT2D eigenvalue weighted by Crippen LogP contribution is -2.44. The van der Waals surface area contributed by atoms with Gasteiger partial charge in [-0.3, -0.25) is 4.79 Å². The molecule has 1 aliphatic heterocycles. The van der Waals surface area contributed by atoms with Gasteiger partial charge in [0.25, 0.3) is 0 Å². The quantitative estimate of drug-likeness (QED) is 0.607. The Kier molecular flexibility index (Phi) is 6.65. The SMILES string of the molecule is CCOC(=O)C1CCCN(C(=S)Nc2ccc(Oc3ccccc3)cc2)C1. The molecule has 0 spiro atoms. The molecule has 2 aromatic carbocycles. The Morgan fingerprint density at radius 3 is 2.56 bits per heavy atom. The molecule has 0 bridgehead atoms. The van der Waals surface area contributed by atoms with Crippen LogP contribution in [0.25, 0.3) is 0 Å². The van der Waals surface area contributed by atoms with Gasteiger partial charge >= 0.3 is 5.97 Å². The molecule has 0 aromatic heterocycles. The minimum absolute atomic E-state index is 0.111. The van der Waals surface area contributed by atoms with Gasteiger partial charge in [0, 0.05) is 18.8 Å². The molecule has 27 heavy (non-hydrogen) atoms. The number of hydrogen-bond donors (Lipinski definition) is 1. The van der Waals surface area contributed by atoms with E-state index in [4.69, 9.17) is 21.7 Å². The second kappa shape index (κ2) is 9.37. The number of rotatable bonds is 5. The number of para-hydroxylation sites is 1. The van der Waals surface area contributed by atoms with E-state index in [9.17, 15) is 4.79 Å². The molecule has 142 valence electrons. The molecule has 0 aliphatic carbocycles. The van der Waals surface area contributed by atoms with E-state index >= 15 is 0 Å². The summed E-state index contributed by atoms with van der Waals surface area (Å²) in [6.07, 6.45) is 1.78. The van der Waals surface area contributed by atoms with Crippen LogP contribution in [0.1, 0.15) is 19.8 Å². The third kappa shape index (κ3) is 5.44. The predicted octanol–water partition coefficient (Wildman–Crippen LogP) is 4.45. The summed E-state index contributed by atoms with van der Waals surface area (Å²) >= 11 is 5.53. The van der Waals surface area contributed by atoms with Crippen LogP contribution in [0.5, 0.6) is 11.5 Å². The van der Waals surface area contributed by atoms with Crippen LogP contribution in [-0.2, 0) is 9.53 Å². The fraction of sp³-hybridized carbons (Fsp3) is 0.333. The lowest BCUT2D eigenvalue weighted by atomic mass is 9.98. The van der Waals surface area contributed by atoms with Crippen molar-refractivity contribution >= 4 is 29.0 Å². The van der Waals surface area contributed by atoms with E-state index < -0.39 is 0 Å². The highest BCUT2D eigenvalue weighted by Crippen LogP contribution is 2.23. The molecular weight excluding hydrogens is 360 g/mol. The van der Waals surface area contributed by atoms with Crippen LogP contribution in [0.4, 0.5) is 5.69 Å². The van der Waals surface area contributed by atoms with Crippen LogP contribution >= 0.6 is 12.2 Å². The first-order chi connectivity index (χ1) is 13.2. The van der Waals surface area contributed by atoms with Crippen LogP contribution in [0.2, 0.25) is 0 Å². The zero-order chi connectivity index (χ0) is 19.1. The highest BCUT2D eigenvalue weighted by molar-refractivity contribution is 7.80. The summed E-state index contributed by atoms with van der Waals surface area (Å²) in [5.74, 6) is 1.32. The van der Waals surface area contributed by atoms with E-state index in [2.05, 4.69) is 5.32 Å². The van der Waals surface area contributed by atoms with Crippen LogP contribution < -0.4 is 10.1 Å². The molecule has 5 nitrogen and oxygen atoms in total. The summed E-state index contributed by atoms with van der Waals surface area (Å²) in [6.45, 7) is 3.68. The Balaban J connectivity index is 1.55. The van der Waals surface area contributed by atoms with E-state index in [1.807, 2.05) is 66.4 Å². The number of benzene rings is 2. The topological polar surface area (TPSA) is 50.8 Å². The van der Waals surface area contributed by atoms with E-state index in [0.29, 0.717) is 18.3 Å². The zero-order valence-electron chi connectivity index (χ0n) is 15.4. The van der Waals surface area contributed by atoms with Gasteiger partial charge in [-0.2, -0.15) is 0 Å². The summed E-state index contributed by atoms with van der Waals surface area (Å²) in [5.41, 5.74) is 0.888. The third-order valence-electron chi connectivity index (χ3n) is 4.41. The van der Waals surface area contributed by atoms with E-state index in [1.54, 1.807) is 0 Å². The van der Waals surface area contributed by atoms with Crippen LogP contribution in [0, 0.1) is 5.92 Å². The number of carbonyl (C=O) groups is 1. The number of piperidine rings is 1. The monoisotopic (exact) mass is 384 g/mol. The van der Waals surface area contributed by atoms with Gasteiger partial charge in [-0.05, 0) is 68.4 Å². The van der Waals surface area contributed by atoms with Crippen molar-refractivity contribution in [1.82, 2.24) is 4.90 Å². The molecule has 1 N–H and O–H groups in total. The standard InChI is InChI=1S/C21H24N2O3S/c1-2-25-20(24)16-7-6-14-23(15-16)21(27)22-17-10-12-19(13-11-17)26-18-8-4-3-5-9-18/h3-5,8-13,16H,2,6-7,14-15H2,1H3,(H,22,27). The molecule has 1 fully saturated rings. The summed E-state index contributed by atoms with van der Waals surface area (Å²) in [5, 5.41) is 3.87. The van der Waals surface area contributed by atoms with Crippen LogP contribution in [0.15, 0.2) is 54.6 Å². The van der Waals surface area contributed by atoms with Gasteiger partial charge in [-0.1, -0.05) is 18.2 Å². The molecule has 1 atom stereocenters. The smallest absolute Gasteiger partial charge is 0.310 e. The third-order valence-corrected chi connectivity index (χ3v) is 4.77. The molecule has 2 aromatic rings. The van der Waals surface area contributed by atoms with Crippen molar-refractivity contribution in [1.29, 1.82) is 0 Å². The molecule has 1 aliphatic rings. The lowest BCUT2D eigenvalue weighted by molar-refractivity contribution is -0.149. The van der Waals surface area contributed by atoms with Crippen molar-refractivity contribution in [2.45, 2.75) is 19.8 Å². The van der Waals surface area contributed by atoms with Crippen LogP contribution in [0.3, 0.4) is 0 Å². The Bertz CT molecular complexity index is 765. The number of ether oxygens (including phenoxy) is 2. The number of nitrogens with zero attached hydrogens (tertiary/aromatic N) is 1. The van der Waals surface area contributed by atoms with Gasteiger partial charge in [0.2, 0.25) is 0 Å². The first kappa shape index (κ1) is 19.2.